The SMILES string of the molecule is CC(=O)OC(C)(C)C.CC=CC(NC(=O)OC(C)(C)C)Nc1ccc(CNC(=O)C(F)(F)F)cc1. The molecule has 0 aromatic heterocycles. The molecule has 0 radical (unpaired) electrons. The molecule has 11 heteroatoms. The Morgan fingerprint density at radius 2 is 1.46 bits per heavy atom. The van der Waals surface area contributed by atoms with Crippen LogP contribution in [0.2, 0.25) is 0 Å². The highest BCUT2D eigenvalue weighted by atomic mass is 19.4. The van der Waals surface area contributed by atoms with Gasteiger partial charge < -0.3 is 20.1 Å². The van der Waals surface area contributed by atoms with E-state index in [-0.39, 0.29) is 18.1 Å². The van der Waals surface area contributed by atoms with Crippen molar-refractivity contribution in [1.29, 1.82) is 0 Å². The number of esters is 1. The van der Waals surface area contributed by atoms with Crippen LogP contribution in [-0.2, 0) is 25.6 Å². The molecule has 0 aliphatic carbocycles. The van der Waals surface area contributed by atoms with Crippen molar-refractivity contribution in [3.63, 3.8) is 0 Å². The second kappa shape index (κ2) is 13.6. The summed E-state index contributed by atoms with van der Waals surface area (Å²) in [4.78, 5) is 32.9. The van der Waals surface area contributed by atoms with E-state index >= 15 is 0 Å². The van der Waals surface area contributed by atoms with Gasteiger partial charge in [0.15, 0.2) is 0 Å². The van der Waals surface area contributed by atoms with Gasteiger partial charge in [-0.25, -0.2) is 4.79 Å². The van der Waals surface area contributed by atoms with Gasteiger partial charge in [-0.05, 0) is 72.2 Å². The molecule has 2 amide bonds. The third kappa shape index (κ3) is 16.9. The van der Waals surface area contributed by atoms with Crippen LogP contribution in [-0.4, -0.2) is 41.5 Å². The highest BCUT2D eigenvalue weighted by Crippen LogP contribution is 2.15. The summed E-state index contributed by atoms with van der Waals surface area (Å²) in [6, 6.07) is 6.39. The molecule has 0 aliphatic heterocycles. The van der Waals surface area contributed by atoms with Crippen molar-refractivity contribution in [2.45, 2.75) is 85.5 Å². The number of alkyl halides is 3. The average molecular weight is 504 g/mol. The summed E-state index contributed by atoms with van der Waals surface area (Å²) >= 11 is 0. The van der Waals surface area contributed by atoms with E-state index in [2.05, 4.69) is 10.6 Å². The van der Waals surface area contributed by atoms with E-state index in [0.29, 0.717) is 11.3 Å². The predicted octanol–water partition coefficient (Wildman–Crippen LogP) is 5.05. The third-order valence-electron chi connectivity index (χ3n) is 3.49. The molecule has 0 bridgehead atoms. The highest BCUT2D eigenvalue weighted by molar-refractivity contribution is 5.81. The van der Waals surface area contributed by atoms with Crippen molar-refractivity contribution in [3.05, 3.63) is 42.0 Å². The largest absolute Gasteiger partial charge is 0.471 e. The number of amides is 2. The van der Waals surface area contributed by atoms with Crippen LogP contribution >= 0.6 is 0 Å². The summed E-state index contributed by atoms with van der Waals surface area (Å²) in [6.07, 6.45) is -2.59. The van der Waals surface area contributed by atoms with Crippen molar-refractivity contribution in [3.8, 4) is 0 Å². The van der Waals surface area contributed by atoms with Crippen LogP contribution in [0.4, 0.5) is 23.7 Å². The zero-order valence-corrected chi connectivity index (χ0v) is 21.4. The molecule has 1 atom stereocenters. The van der Waals surface area contributed by atoms with E-state index in [4.69, 9.17) is 9.47 Å². The van der Waals surface area contributed by atoms with Gasteiger partial charge in [0, 0.05) is 19.2 Å². The number of carbonyl (C=O) groups excluding carboxylic acids is 3. The first-order valence-corrected chi connectivity index (χ1v) is 10.8. The van der Waals surface area contributed by atoms with Gasteiger partial charge in [-0.1, -0.05) is 18.2 Å². The lowest BCUT2D eigenvalue weighted by Gasteiger charge is -2.23. The first-order valence-electron chi connectivity index (χ1n) is 10.8. The van der Waals surface area contributed by atoms with Crippen molar-refractivity contribution in [2.24, 2.45) is 0 Å². The average Bonchev–Trinajstić information content (AvgIpc) is 2.63. The lowest BCUT2D eigenvalue weighted by Crippen LogP contribution is -2.42. The molecular formula is C24H36F3N3O5. The molecule has 8 nitrogen and oxygen atoms in total. The molecule has 1 unspecified atom stereocenters. The lowest BCUT2D eigenvalue weighted by atomic mass is 10.2. The Labute approximate surface area is 204 Å². The van der Waals surface area contributed by atoms with Gasteiger partial charge in [0.2, 0.25) is 0 Å². The maximum absolute atomic E-state index is 12.2. The van der Waals surface area contributed by atoms with Gasteiger partial charge in [0.05, 0.1) is 0 Å². The normalized spacial score (nSPS) is 12.7. The lowest BCUT2D eigenvalue weighted by molar-refractivity contribution is -0.173. The molecule has 198 valence electrons. The van der Waals surface area contributed by atoms with E-state index in [1.807, 2.05) is 20.8 Å². The van der Waals surface area contributed by atoms with Gasteiger partial charge in [-0.2, -0.15) is 13.2 Å². The summed E-state index contributed by atoms with van der Waals surface area (Å²) < 4.78 is 46.5. The number of hydrogen-bond donors (Lipinski definition) is 3. The van der Waals surface area contributed by atoms with Crippen molar-refractivity contribution in [2.75, 3.05) is 5.32 Å². The molecule has 1 aromatic rings. The number of allylic oxidation sites excluding steroid dienone is 1. The van der Waals surface area contributed by atoms with Gasteiger partial charge in [0.1, 0.15) is 17.4 Å². The monoisotopic (exact) mass is 503 g/mol. The fourth-order valence-electron chi connectivity index (χ4n) is 2.37. The fourth-order valence-corrected chi connectivity index (χ4v) is 2.37. The minimum Gasteiger partial charge on any atom is -0.460 e. The topological polar surface area (TPSA) is 106 Å². The molecule has 0 saturated heterocycles. The Balaban J connectivity index is 0.00000124. The standard InChI is InChI=1S/C18H24F3N3O3.C6H12O2/c1-5-6-14(24-16(26)27-17(2,3)4)23-13-9-7-12(8-10-13)11-22-15(25)18(19,20)21;1-5(7)8-6(2,3)4/h5-10,14,23H,11H2,1-4H3,(H,22,25)(H,24,26);1-4H3. The van der Waals surface area contributed by atoms with Crippen LogP contribution in [0.5, 0.6) is 0 Å². The van der Waals surface area contributed by atoms with E-state index in [9.17, 15) is 27.6 Å². The molecular weight excluding hydrogens is 467 g/mol. The summed E-state index contributed by atoms with van der Waals surface area (Å²) in [5.74, 6) is -2.21. The zero-order valence-electron chi connectivity index (χ0n) is 21.4. The number of rotatable bonds is 6. The summed E-state index contributed by atoms with van der Waals surface area (Å²) in [7, 11) is 0. The minimum atomic E-state index is -4.91. The molecule has 3 N–H and O–H groups in total. The van der Waals surface area contributed by atoms with Crippen LogP contribution in [0.15, 0.2) is 36.4 Å². The number of anilines is 1. The van der Waals surface area contributed by atoms with Crippen LogP contribution in [0, 0.1) is 0 Å². The molecule has 1 rings (SSSR count). The first-order chi connectivity index (χ1) is 15.8. The zero-order chi connectivity index (χ0) is 27.4. The molecule has 0 spiro atoms. The number of benzene rings is 1. The Morgan fingerprint density at radius 3 is 1.83 bits per heavy atom. The Bertz CT molecular complexity index is 855. The van der Waals surface area contributed by atoms with Crippen LogP contribution in [0.3, 0.4) is 0 Å². The number of alkyl carbamates (subject to hydrolysis) is 1. The summed E-state index contributed by atoms with van der Waals surface area (Å²) in [5.41, 5.74) is 0.166. The maximum atomic E-state index is 12.2. The first kappa shape index (κ1) is 31.8. The number of halogens is 3. The van der Waals surface area contributed by atoms with E-state index < -0.39 is 29.9 Å². The van der Waals surface area contributed by atoms with Gasteiger partial charge >= 0.3 is 24.1 Å². The van der Waals surface area contributed by atoms with E-state index in [1.54, 1.807) is 69.4 Å². The van der Waals surface area contributed by atoms with Crippen molar-refractivity contribution in [1.82, 2.24) is 10.6 Å². The fraction of sp³-hybridized carbons (Fsp3) is 0.542. The molecule has 0 fully saturated rings. The number of ether oxygens (including phenoxy) is 2. The molecule has 0 saturated carbocycles. The smallest absolute Gasteiger partial charge is 0.460 e. The van der Waals surface area contributed by atoms with Crippen LogP contribution < -0.4 is 16.0 Å². The van der Waals surface area contributed by atoms with E-state index in [1.165, 1.54) is 6.92 Å². The molecule has 35 heavy (non-hydrogen) atoms. The van der Waals surface area contributed by atoms with Gasteiger partial charge in [-0.15, -0.1) is 0 Å². The molecule has 1 aromatic carbocycles. The van der Waals surface area contributed by atoms with Gasteiger partial charge in [0.25, 0.3) is 0 Å². The summed E-state index contributed by atoms with van der Waals surface area (Å²) in [6.45, 7) is 13.7. The van der Waals surface area contributed by atoms with Crippen LogP contribution in [0.1, 0.15) is 61.0 Å². The van der Waals surface area contributed by atoms with Crippen LogP contribution in [0.25, 0.3) is 0 Å². The van der Waals surface area contributed by atoms with Gasteiger partial charge in [-0.3, -0.25) is 14.9 Å². The Morgan fingerprint density at radius 1 is 0.943 bits per heavy atom. The Hall–Kier alpha value is -3.24. The number of nitrogens with one attached hydrogen (secondary N) is 3. The van der Waals surface area contributed by atoms with Crippen molar-refractivity contribution >= 4 is 23.7 Å². The number of carbonyl (C=O) groups is 3. The number of hydrogen-bond acceptors (Lipinski definition) is 6. The molecule has 0 heterocycles. The maximum Gasteiger partial charge on any atom is 0.471 e. The molecule has 0 aliphatic rings. The second-order valence-corrected chi connectivity index (χ2v) is 9.38. The quantitative estimate of drug-likeness (QED) is 0.285. The highest BCUT2D eigenvalue weighted by Gasteiger charge is 2.38. The predicted molar refractivity (Wildman–Crippen MR) is 127 cm³/mol. The minimum absolute atomic E-state index is 0.225. The Kier molecular flexibility index (Phi) is 12.3. The second-order valence-electron chi connectivity index (χ2n) is 9.38. The summed E-state index contributed by atoms with van der Waals surface area (Å²) in [5, 5.41) is 7.50. The van der Waals surface area contributed by atoms with E-state index in [0.717, 1.165) is 0 Å². The van der Waals surface area contributed by atoms with Crippen molar-refractivity contribution < 1.29 is 37.0 Å². The third-order valence-corrected chi connectivity index (χ3v) is 3.49.